The summed E-state index contributed by atoms with van der Waals surface area (Å²) in [6, 6.07) is 19.5. The smallest absolute Gasteiger partial charge is 0.270 e. The molecule has 4 heterocycles. The predicted molar refractivity (Wildman–Crippen MR) is 118 cm³/mol. The number of carbonyl (C=O) groups is 1. The van der Waals surface area contributed by atoms with Gasteiger partial charge in [0.25, 0.3) is 5.91 Å². The van der Waals surface area contributed by atoms with Crippen LogP contribution < -0.4 is 4.90 Å². The molecular formula is C23H19N5OS. The lowest BCUT2D eigenvalue weighted by atomic mass is 10.2. The molecule has 5 rings (SSSR count). The molecule has 0 aliphatic carbocycles. The van der Waals surface area contributed by atoms with E-state index in [1.54, 1.807) is 4.90 Å². The summed E-state index contributed by atoms with van der Waals surface area (Å²) in [6.45, 7) is 2.29. The zero-order valence-electron chi connectivity index (χ0n) is 16.3. The van der Waals surface area contributed by atoms with Gasteiger partial charge in [-0.1, -0.05) is 35.6 Å². The van der Waals surface area contributed by atoms with Crippen molar-refractivity contribution in [2.24, 2.45) is 0 Å². The lowest BCUT2D eigenvalue weighted by molar-refractivity contribution is 0.0988. The zero-order chi connectivity index (χ0) is 20.5. The standard InChI is InChI=1S/C23H19N5OS/c1-17-21(30-23(25-17)26-12-7-8-13-26)22(29)28(18-9-3-2-4-10-18)16-19-15-24-20-11-5-6-14-27(19)20/h2-15H,16H2,1H3. The lowest BCUT2D eigenvalue weighted by Gasteiger charge is -2.22. The first-order valence-corrected chi connectivity index (χ1v) is 10.4. The summed E-state index contributed by atoms with van der Waals surface area (Å²) < 4.78 is 3.93. The number of aromatic nitrogens is 4. The quantitative estimate of drug-likeness (QED) is 0.418. The van der Waals surface area contributed by atoms with Gasteiger partial charge in [-0.15, -0.1) is 0 Å². The molecule has 0 unspecified atom stereocenters. The van der Waals surface area contributed by atoms with Gasteiger partial charge in [0.05, 0.1) is 24.1 Å². The molecule has 0 bridgehead atoms. The molecule has 0 aliphatic rings. The number of fused-ring (bicyclic) bond motifs is 1. The highest BCUT2D eigenvalue weighted by Crippen LogP contribution is 2.27. The van der Waals surface area contributed by atoms with Crippen molar-refractivity contribution in [3.63, 3.8) is 0 Å². The van der Waals surface area contributed by atoms with Crippen LogP contribution in [0.15, 0.2) is 85.5 Å². The number of para-hydroxylation sites is 1. The summed E-state index contributed by atoms with van der Waals surface area (Å²) in [5.74, 6) is -0.0690. The number of aryl methyl sites for hydroxylation is 1. The molecule has 0 aliphatic heterocycles. The minimum Gasteiger partial charge on any atom is -0.302 e. The van der Waals surface area contributed by atoms with E-state index in [0.29, 0.717) is 11.4 Å². The Balaban J connectivity index is 1.55. The number of amides is 1. The molecule has 5 aromatic rings. The van der Waals surface area contributed by atoms with E-state index in [2.05, 4.69) is 9.97 Å². The number of thiazole rings is 1. The van der Waals surface area contributed by atoms with Gasteiger partial charge in [-0.05, 0) is 43.3 Å². The Hall–Kier alpha value is -3.71. The highest BCUT2D eigenvalue weighted by Gasteiger charge is 2.24. The summed E-state index contributed by atoms with van der Waals surface area (Å²) in [7, 11) is 0. The number of imidazole rings is 1. The first-order valence-electron chi connectivity index (χ1n) is 9.59. The fraction of sp³-hybridized carbons (Fsp3) is 0.0870. The molecule has 0 spiro atoms. The number of hydrogen-bond donors (Lipinski definition) is 0. The van der Waals surface area contributed by atoms with Crippen LogP contribution in [0.25, 0.3) is 10.8 Å². The largest absolute Gasteiger partial charge is 0.302 e. The van der Waals surface area contributed by atoms with Gasteiger partial charge < -0.3 is 13.9 Å². The fourth-order valence-electron chi connectivity index (χ4n) is 3.43. The van der Waals surface area contributed by atoms with Crippen molar-refractivity contribution in [1.29, 1.82) is 0 Å². The maximum Gasteiger partial charge on any atom is 0.270 e. The first-order chi connectivity index (χ1) is 14.7. The molecular weight excluding hydrogens is 394 g/mol. The molecule has 0 saturated heterocycles. The van der Waals surface area contributed by atoms with Crippen LogP contribution in [0.1, 0.15) is 21.1 Å². The van der Waals surface area contributed by atoms with E-state index >= 15 is 0 Å². The normalized spacial score (nSPS) is 11.1. The van der Waals surface area contributed by atoms with Crippen LogP contribution in [0, 0.1) is 6.92 Å². The average Bonchev–Trinajstić information content (AvgIpc) is 3.52. The van der Waals surface area contributed by atoms with E-state index in [9.17, 15) is 4.79 Å². The van der Waals surface area contributed by atoms with E-state index in [-0.39, 0.29) is 5.91 Å². The van der Waals surface area contributed by atoms with E-state index in [4.69, 9.17) is 0 Å². The molecule has 0 saturated carbocycles. The van der Waals surface area contributed by atoms with Gasteiger partial charge in [-0.2, -0.15) is 0 Å². The lowest BCUT2D eigenvalue weighted by Crippen LogP contribution is -2.30. The summed E-state index contributed by atoms with van der Waals surface area (Å²) in [4.78, 5) is 25.2. The molecule has 0 fully saturated rings. The van der Waals surface area contributed by atoms with Crippen molar-refractivity contribution in [2.45, 2.75) is 13.5 Å². The highest BCUT2D eigenvalue weighted by molar-refractivity contribution is 7.16. The molecule has 4 aromatic heterocycles. The number of rotatable bonds is 5. The van der Waals surface area contributed by atoms with Crippen molar-refractivity contribution in [3.8, 4) is 5.13 Å². The number of nitrogens with zero attached hydrogens (tertiary/aromatic N) is 5. The number of pyridine rings is 1. The molecule has 1 aromatic carbocycles. The van der Waals surface area contributed by atoms with E-state index < -0.39 is 0 Å². The Morgan fingerprint density at radius 3 is 2.53 bits per heavy atom. The maximum absolute atomic E-state index is 13.7. The Morgan fingerprint density at radius 1 is 1.00 bits per heavy atom. The van der Waals surface area contributed by atoms with Crippen LogP contribution in [0.3, 0.4) is 0 Å². The summed E-state index contributed by atoms with van der Waals surface area (Å²) in [6.07, 6.45) is 7.65. The topological polar surface area (TPSA) is 55.4 Å². The number of carbonyl (C=O) groups excluding carboxylic acids is 1. The molecule has 148 valence electrons. The third kappa shape index (κ3) is 3.29. The van der Waals surface area contributed by atoms with Gasteiger partial charge in [0.15, 0.2) is 5.13 Å². The van der Waals surface area contributed by atoms with Crippen LogP contribution in [0.4, 0.5) is 5.69 Å². The Morgan fingerprint density at radius 2 is 1.73 bits per heavy atom. The summed E-state index contributed by atoms with van der Waals surface area (Å²) in [5.41, 5.74) is 3.36. The van der Waals surface area contributed by atoms with Gasteiger partial charge in [0.1, 0.15) is 10.5 Å². The minimum absolute atomic E-state index is 0.0690. The SMILES string of the molecule is Cc1nc(-n2cccc2)sc1C(=O)N(Cc1cnc2ccccn12)c1ccccc1. The number of hydrogen-bond acceptors (Lipinski definition) is 4. The second-order valence-corrected chi connectivity index (χ2v) is 7.88. The fourth-order valence-corrected chi connectivity index (χ4v) is 4.41. The minimum atomic E-state index is -0.0690. The van der Waals surface area contributed by atoms with Crippen molar-refractivity contribution >= 4 is 28.6 Å². The van der Waals surface area contributed by atoms with Crippen LogP contribution in [-0.2, 0) is 6.54 Å². The Kier molecular flexibility index (Phi) is 4.65. The van der Waals surface area contributed by atoms with Crippen LogP contribution >= 0.6 is 11.3 Å². The molecule has 0 radical (unpaired) electrons. The van der Waals surface area contributed by atoms with Crippen LogP contribution in [0.2, 0.25) is 0 Å². The van der Waals surface area contributed by atoms with Gasteiger partial charge in [-0.3, -0.25) is 4.79 Å². The van der Waals surface area contributed by atoms with Gasteiger partial charge in [0, 0.05) is 24.3 Å². The van der Waals surface area contributed by atoms with Gasteiger partial charge in [0.2, 0.25) is 0 Å². The molecule has 6 nitrogen and oxygen atoms in total. The summed E-state index contributed by atoms with van der Waals surface area (Å²) >= 11 is 1.40. The molecule has 7 heteroatoms. The van der Waals surface area contributed by atoms with Crippen molar-refractivity contribution in [1.82, 2.24) is 18.9 Å². The van der Waals surface area contributed by atoms with Gasteiger partial charge >= 0.3 is 0 Å². The molecule has 0 atom stereocenters. The highest BCUT2D eigenvalue weighted by atomic mass is 32.1. The van der Waals surface area contributed by atoms with E-state index in [1.807, 2.05) is 101 Å². The molecule has 1 amide bonds. The van der Waals surface area contributed by atoms with Gasteiger partial charge in [-0.25, -0.2) is 9.97 Å². The first kappa shape index (κ1) is 18.3. The third-order valence-electron chi connectivity index (χ3n) is 4.93. The van der Waals surface area contributed by atoms with Crippen molar-refractivity contribution in [3.05, 3.63) is 102 Å². The second kappa shape index (κ2) is 7.61. The maximum atomic E-state index is 13.7. The van der Waals surface area contributed by atoms with E-state index in [1.165, 1.54) is 11.3 Å². The average molecular weight is 414 g/mol. The summed E-state index contributed by atoms with van der Waals surface area (Å²) in [5, 5.41) is 0.781. The zero-order valence-corrected chi connectivity index (χ0v) is 17.2. The van der Waals surface area contributed by atoms with E-state index in [0.717, 1.165) is 27.9 Å². The monoisotopic (exact) mass is 413 g/mol. The predicted octanol–water partition coefficient (Wildman–Crippen LogP) is 4.74. The second-order valence-electron chi connectivity index (χ2n) is 6.91. The third-order valence-corrected chi connectivity index (χ3v) is 6.09. The van der Waals surface area contributed by atoms with Crippen molar-refractivity contribution in [2.75, 3.05) is 4.90 Å². The van der Waals surface area contributed by atoms with Crippen molar-refractivity contribution < 1.29 is 4.79 Å². The number of benzene rings is 1. The number of anilines is 1. The molecule has 30 heavy (non-hydrogen) atoms. The van der Waals surface area contributed by atoms with Crippen LogP contribution in [-0.4, -0.2) is 24.8 Å². The Labute approximate surface area is 177 Å². The van der Waals surface area contributed by atoms with Crippen LogP contribution in [0.5, 0.6) is 0 Å². The molecule has 0 N–H and O–H groups in total. The Bertz CT molecular complexity index is 1300.